The molecule has 2 aromatic heterocycles. The number of fused-ring (bicyclic) bond motifs is 7. The van der Waals surface area contributed by atoms with Gasteiger partial charge in [-0.2, -0.15) is 0 Å². The highest BCUT2D eigenvalue weighted by atomic mass is 15.0. The van der Waals surface area contributed by atoms with Crippen molar-refractivity contribution in [2.45, 2.75) is 19.3 Å². The van der Waals surface area contributed by atoms with E-state index in [2.05, 4.69) is 181 Å². The number of hydrogen-bond donors (Lipinski definition) is 0. The molecule has 0 spiro atoms. The van der Waals surface area contributed by atoms with E-state index in [9.17, 15) is 0 Å². The number of pyridine rings is 1. The van der Waals surface area contributed by atoms with Crippen LogP contribution in [0.3, 0.4) is 0 Å². The van der Waals surface area contributed by atoms with Gasteiger partial charge in [0.25, 0.3) is 0 Å². The number of nitrogens with zero attached hydrogens (tertiary/aromatic N) is 2. The second kappa shape index (κ2) is 10.9. The van der Waals surface area contributed by atoms with Gasteiger partial charge in [-0.15, -0.1) is 0 Å². The highest BCUT2D eigenvalue weighted by molar-refractivity contribution is 6.09. The molecule has 7 aromatic carbocycles. The van der Waals surface area contributed by atoms with Gasteiger partial charge in [-0.25, -0.2) is 0 Å². The largest absolute Gasteiger partial charge is 0.309 e. The van der Waals surface area contributed by atoms with Crippen LogP contribution in [-0.4, -0.2) is 9.55 Å². The summed E-state index contributed by atoms with van der Waals surface area (Å²) in [7, 11) is 0. The molecule has 2 heterocycles. The lowest BCUT2D eigenvalue weighted by molar-refractivity contribution is 0.661. The number of hydrogen-bond acceptors (Lipinski definition) is 1. The highest BCUT2D eigenvalue weighted by Crippen LogP contribution is 2.51. The third-order valence-electron chi connectivity index (χ3n) is 10.9. The molecule has 2 heteroatoms. The van der Waals surface area contributed by atoms with E-state index in [1.54, 1.807) is 0 Å². The fraction of sp³-hybridized carbons (Fsp3) is 0.0625. The summed E-state index contributed by atoms with van der Waals surface area (Å²) in [5, 5.41) is 5.05. The minimum atomic E-state index is -0.128. The van der Waals surface area contributed by atoms with Gasteiger partial charge >= 0.3 is 0 Å². The van der Waals surface area contributed by atoms with Crippen LogP contribution >= 0.6 is 0 Å². The molecule has 0 saturated heterocycles. The average molecular weight is 639 g/mol. The van der Waals surface area contributed by atoms with E-state index in [0.717, 1.165) is 0 Å². The zero-order chi connectivity index (χ0) is 33.4. The van der Waals surface area contributed by atoms with Crippen molar-refractivity contribution in [3.63, 3.8) is 0 Å². The Kier molecular flexibility index (Phi) is 6.25. The van der Waals surface area contributed by atoms with Crippen LogP contribution < -0.4 is 0 Å². The molecular weight excluding hydrogens is 605 g/mol. The van der Waals surface area contributed by atoms with Crippen LogP contribution in [0, 0.1) is 0 Å². The van der Waals surface area contributed by atoms with Crippen molar-refractivity contribution in [3.8, 4) is 50.2 Å². The van der Waals surface area contributed by atoms with Crippen LogP contribution in [0.4, 0.5) is 0 Å². The molecule has 9 aromatic rings. The molecule has 0 fully saturated rings. The first-order valence-electron chi connectivity index (χ1n) is 17.4. The zero-order valence-corrected chi connectivity index (χ0v) is 28.1. The first-order valence-corrected chi connectivity index (χ1v) is 17.4. The predicted octanol–water partition coefficient (Wildman–Crippen LogP) is 12.6. The van der Waals surface area contributed by atoms with Gasteiger partial charge < -0.3 is 4.57 Å². The van der Waals surface area contributed by atoms with E-state index in [1.165, 1.54) is 93.9 Å². The molecule has 0 amide bonds. The van der Waals surface area contributed by atoms with Crippen molar-refractivity contribution in [1.29, 1.82) is 0 Å². The zero-order valence-electron chi connectivity index (χ0n) is 28.1. The summed E-state index contributed by atoms with van der Waals surface area (Å²) in [5.41, 5.74) is 16.3. The van der Waals surface area contributed by atoms with Gasteiger partial charge in [0.15, 0.2) is 0 Å². The highest BCUT2D eigenvalue weighted by Gasteiger charge is 2.36. The van der Waals surface area contributed by atoms with Crippen LogP contribution in [0.2, 0.25) is 0 Å². The monoisotopic (exact) mass is 638 g/mol. The Balaban J connectivity index is 1.01. The Bertz CT molecular complexity index is 2730. The molecule has 50 heavy (non-hydrogen) atoms. The maximum Gasteiger partial charge on any atom is 0.0541 e. The summed E-state index contributed by atoms with van der Waals surface area (Å²) in [4.78, 5) is 4.17. The molecule has 10 rings (SSSR count). The summed E-state index contributed by atoms with van der Waals surface area (Å²) in [6.07, 6.45) is 3.70. The molecule has 0 N–H and O–H groups in total. The van der Waals surface area contributed by atoms with Gasteiger partial charge in [0.2, 0.25) is 0 Å². The summed E-state index contributed by atoms with van der Waals surface area (Å²) < 4.78 is 2.40. The summed E-state index contributed by atoms with van der Waals surface area (Å²) in [6, 6.07) is 58.2. The predicted molar refractivity (Wildman–Crippen MR) is 210 cm³/mol. The maximum atomic E-state index is 4.17. The molecule has 1 aliphatic rings. The molecule has 0 aliphatic heterocycles. The van der Waals surface area contributed by atoms with Crippen molar-refractivity contribution >= 4 is 32.6 Å². The van der Waals surface area contributed by atoms with Crippen LogP contribution in [0.15, 0.2) is 170 Å². The Labute approximate surface area is 291 Å². The molecular formula is C48H34N2. The summed E-state index contributed by atoms with van der Waals surface area (Å²) >= 11 is 0. The van der Waals surface area contributed by atoms with E-state index in [4.69, 9.17) is 0 Å². The number of rotatable bonds is 4. The second-order valence-corrected chi connectivity index (χ2v) is 14.1. The van der Waals surface area contributed by atoms with Crippen molar-refractivity contribution in [2.75, 3.05) is 0 Å². The van der Waals surface area contributed by atoms with E-state index >= 15 is 0 Å². The summed E-state index contributed by atoms with van der Waals surface area (Å²) in [5.74, 6) is 0. The van der Waals surface area contributed by atoms with E-state index in [-0.39, 0.29) is 5.41 Å². The van der Waals surface area contributed by atoms with Crippen LogP contribution in [0.1, 0.15) is 25.0 Å². The molecule has 1 aliphatic carbocycles. The fourth-order valence-corrected chi connectivity index (χ4v) is 8.27. The molecule has 236 valence electrons. The summed E-state index contributed by atoms with van der Waals surface area (Å²) in [6.45, 7) is 4.75. The Hall–Kier alpha value is -6.25. The molecule has 0 atom stereocenters. The normalized spacial score (nSPS) is 13.2. The third-order valence-corrected chi connectivity index (χ3v) is 10.9. The standard InChI is InChI=1S/C48H34N2/c1-48(2)44-29-37(32-8-7-9-39(28-32)50-46-12-5-3-10-42(46)43-11-4-6-13-47(43)50)18-20-40(44)41-21-19-38(30-45(41)48)36-17-16-34-26-33(14-15-35(34)27-36)31-22-24-49-25-23-31/h3-30H,1-2H3. The quantitative estimate of drug-likeness (QED) is 0.188. The maximum absolute atomic E-state index is 4.17. The van der Waals surface area contributed by atoms with Gasteiger partial charge in [0, 0.05) is 34.3 Å². The van der Waals surface area contributed by atoms with E-state index < -0.39 is 0 Å². The SMILES string of the molecule is CC1(C)c2cc(-c3cccc(-n4c5ccccc5c5ccccc54)c3)ccc2-c2ccc(-c3ccc4cc(-c5ccncc5)ccc4c3)cc21. The minimum Gasteiger partial charge on any atom is -0.309 e. The third kappa shape index (κ3) is 4.38. The second-order valence-electron chi connectivity index (χ2n) is 14.1. The lowest BCUT2D eigenvalue weighted by Gasteiger charge is -2.23. The molecule has 0 unspecified atom stereocenters. The van der Waals surface area contributed by atoms with Crippen LogP contribution in [0.5, 0.6) is 0 Å². The van der Waals surface area contributed by atoms with Crippen LogP contribution in [-0.2, 0) is 5.41 Å². The lowest BCUT2D eigenvalue weighted by atomic mass is 9.80. The molecule has 0 saturated carbocycles. The molecule has 0 bridgehead atoms. The molecule has 0 radical (unpaired) electrons. The smallest absolute Gasteiger partial charge is 0.0541 e. The van der Waals surface area contributed by atoms with Crippen molar-refractivity contribution in [2.24, 2.45) is 0 Å². The van der Waals surface area contributed by atoms with Gasteiger partial charge in [-0.05, 0) is 127 Å². The van der Waals surface area contributed by atoms with Gasteiger partial charge in [0.05, 0.1) is 11.0 Å². The van der Waals surface area contributed by atoms with Crippen molar-refractivity contribution < 1.29 is 0 Å². The molecule has 2 nitrogen and oxygen atoms in total. The van der Waals surface area contributed by atoms with Gasteiger partial charge in [-0.3, -0.25) is 4.98 Å². The fourth-order valence-electron chi connectivity index (χ4n) is 8.27. The van der Waals surface area contributed by atoms with Crippen LogP contribution in [0.25, 0.3) is 82.8 Å². The lowest BCUT2D eigenvalue weighted by Crippen LogP contribution is -2.15. The first-order chi connectivity index (χ1) is 24.5. The number of aromatic nitrogens is 2. The topological polar surface area (TPSA) is 17.8 Å². The Morgan fingerprint density at radius 1 is 0.420 bits per heavy atom. The Morgan fingerprint density at radius 2 is 0.920 bits per heavy atom. The number of para-hydroxylation sites is 2. The van der Waals surface area contributed by atoms with E-state index in [1.807, 2.05) is 12.4 Å². The van der Waals surface area contributed by atoms with Crippen molar-refractivity contribution in [3.05, 3.63) is 181 Å². The van der Waals surface area contributed by atoms with Gasteiger partial charge in [-0.1, -0.05) is 111 Å². The average Bonchev–Trinajstić information content (AvgIpc) is 3.63. The van der Waals surface area contributed by atoms with Crippen molar-refractivity contribution in [1.82, 2.24) is 9.55 Å². The Morgan fingerprint density at radius 3 is 1.52 bits per heavy atom. The minimum absolute atomic E-state index is 0.128. The van der Waals surface area contributed by atoms with E-state index in [0.29, 0.717) is 0 Å². The first kappa shape index (κ1) is 28.7. The number of benzene rings is 7. The van der Waals surface area contributed by atoms with Gasteiger partial charge in [0.1, 0.15) is 0 Å².